The molecule has 0 spiro atoms. The summed E-state index contributed by atoms with van der Waals surface area (Å²) in [4.78, 5) is 20.8. The number of hydrogen-bond acceptors (Lipinski definition) is 5. The van der Waals surface area contributed by atoms with Crippen molar-refractivity contribution in [3.8, 4) is 11.4 Å². The fraction of sp³-hybridized carbons (Fsp3) is 0.167. The Morgan fingerprint density at radius 2 is 1.61 bits per heavy atom. The molecule has 0 aliphatic carbocycles. The van der Waals surface area contributed by atoms with Gasteiger partial charge in [-0.1, -0.05) is 12.1 Å². The number of anilines is 4. The molecule has 4 aromatic rings. The zero-order chi connectivity index (χ0) is 26.0. The number of halogens is 4. The van der Waals surface area contributed by atoms with E-state index in [9.17, 15) is 22.4 Å². The van der Waals surface area contributed by atoms with Crippen LogP contribution in [0.3, 0.4) is 0 Å². The lowest BCUT2D eigenvalue weighted by atomic mass is 10.1. The Kier molecular flexibility index (Phi) is 6.60. The van der Waals surface area contributed by atoms with Crippen LogP contribution in [0, 0.1) is 26.6 Å². The minimum absolute atomic E-state index is 0.0102. The molecule has 0 atom stereocenters. The van der Waals surface area contributed by atoms with Crippen molar-refractivity contribution in [2.24, 2.45) is 0 Å². The number of carbonyl (C=O) groups excluding carboxylic acids is 1. The molecular formula is C24H21F4N7O. The summed E-state index contributed by atoms with van der Waals surface area (Å²) in [6, 6.07) is 9.38. The Labute approximate surface area is 203 Å². The van der Waals surface area contributed by atoms with E-state index in [0.29, 0.717) is 17.1 Å². The molecule has 2 heterocycles. The van der Waals surface area contributed by atoms with Crippen LogP contribution in [0.25, 0.3) is 11.4 Å². The molecule has 0 aliphatic heterocycles. The zero-order valence-corrected chi connectivity index (χ0v) is 19.4. The van der Waals surface area contributed by atoms with Gasteiger partial charge < -0.3 is 16.0 Å². The van der Waals surface area contributed by atoms with Crippen molar-refractivity contribution in [1.82, 2.24) is 20.2 Å². The Hall–Kier alpha value is -4.48. The molecule has 0 bridgehead atoms. The van der Waals surface area contributed by atoms with Crippen molar-refractivity contribution in [2.75, 3.05) is 16.0 Å². The van der Waals surface area contributed by atoms with Gasteiger partial charge in [-0.15, -0.1) is 0 Å². The number of H-pyrrole nitrogens is 1. The molecule has 0 saturated heterocycles. The summed E-state index contributed by atoms with van der Waals surface area (Å²) in [7, 11) is 0. The lowest BCUT2D eigenvalue weighted by molar-refractivity contribution is -0.138. The van der Waals surface area contributed by atoms with Gasteiger partial charge in [-0.2, -0.15) is 18.3 Å². The van der Waals surface area contributed by atoms with Crippen LogP contribution < -0.4 is 16.0 Å². The van der Waals surface area contributed by atoms with E-state index in [0.717, 1.165) is 23.5 Å². The smallest absolute Gasteiger partial charge is 0.321 e. The van der Waals surface area contributed by atoms with Crippen molar-refractivity contribution in [1.29, 1.82) is 0 Å². The van der Waals surface area contributed by atoms with E-state index in [-0.39, 0.29) is 22.9 Å². The molecule has 0 fully saturated rings. The minimum Gasteiger partial charge on any atom is -0.321 e. The maximum Gasteiger partial charge on any atom is 0.416 e. The predicted molar refractivity (Wildman–Crippen MR) is 128 cm³/mol. The number of amides is 2. The third kappa shape index (κ3) is 5.59. The van der Waals surface area contributed by atoms with Crippen LogP contribution in [0.5, 0.6) is 0 Å². The van der Waals surface area contributed by atoms with Gasteiger partial charge >= 0.3 is 12.2 Å². The third-order valence-electron chi connectivity index (χ3n) is 5.23. The number of urea groups is 1. The van der Waals surface area contributed by atoms with Gasteiger partial charge in [0.2, 0.25) is 0 Å². The molecule has 4 rings (SSSR count). The van der Waals surface area contributed by atoms with Gasteiger partial charge in [-0.25, -0.2) is 19.2 Å². The fourth-order valence-electron chi connectivity index (χ4n) is 3.43. The molecule has 0 aliphatic rings. The average Bonchev–Trinajstić information content (AvgIpc) is 3.21. The highest BCUT2D eigenvalue weighted by molar-refractivity contribution is 6.00. The van der Waals surface area contributed by atoms with Gasteiger partial charge in [0.15, 0.2) is 23.3 Å². The number of aromatic nitrogens is 4. The van der Waals surface area contributed by atoms with E-state index >= 15 is 0 Å². The van der Waals surface area contributed by atoms with Crippen molar-refractivity contribution in [3.05, 3.63) is 76.9 Å². The van der Waals surface area contributed by atoms with E-state index in [2.05, 4.69) is 36.1 Å². The summed E-state index contributed by atoms with van der Waals surface area (Å²) in [5.74, 6) is -0.186. The van der Waals surface area contributed by atoms with Crippen LogP contribution in [0.2, 0.25) is 0 Å². The second-order valence-electron chi connectivity index (χ2n) is 8.09. The molecule has 0 saturated carbocycles. The number of hydrogen-bond donors (Lipinski definition) is 4. The lowest BCUT2D eigenvalue weighted by Gasteiger charge is -2.14. The van der Waals surface area contributed by atoms with Crippen LogP contribution in [-0.2, 0) is 6.18 Å². The first kappa shape index (κ1) is 24.6. The maximum absolute atomic E-state index is 14.3. The van der Waals surface area contributed by atoms with Crippen LogP contribution >= 0.6 is 0 Å². The van der Waals surface area contributed by atoms with Gasteiger partial charge in [0, 0.05) is 28.7 Å². The molecule has 8 nitrogen and oxygen atoms in total. The predicted octanol–water partition coefficient (Wildman–Crippen LogP) is 6.34. The monoisotopic (exact) mass is 499 g/mol. The molecule has 4 N–H and O–H groups in total. The Morgan fingerprint density at radius 3 is 2.25 bits per heavy atom. The summed E-state index contributed by atoms with van der Waals surface area (Å²) in [5.41, 5.74) is 1.59. The van der Waals surface area contributed by atoms with Crippen LogP contribution in [0.4, 0.5) is 45.4 Å². The van der Waals surface area contributed by atoms with E-state index in [4.69, 9.17) is 0 Å². The molecule has 2 aromatic heterocycles. The molecule has 0 unspecified atom stereocenters. The second kappa shape index (κ2) is 9.64. The standard InChI is InChI=1S/C24H21F4N7O/c1-12-4-6-15(30-23(36)31-16-7-5-13(2)18(10-16)24(26,27)28)9-17(12)21-29-11-19(25)22(33-21)32-20-8-14(3)34-35-20/h4-11H,1-3H3,(H2,30,31,36)(H2,29,32,33,34,35). The number of nitrogens with one attached hydrogen (secondary N) is 4. The van der Waals surface area contributed by atoms with Crippen molar-refractivity contribution in [3.63, 3.8) is 0 Å². The highest BCUT2D eigenvalue weighted by Crippen LogP contribution is 2.33. The van der Waals surface area contributed by atoms with Gasteiger partial charge in [-0.05, 0) is 56.2 Å². The average molecular weight is 499 g/mol. The van der Waals surface area contributed by atoms with Crippen molar-refractivity contribution in [2.45, 2.75) is 26.9 Å². The summed E-state index contributed by atoms with van der Waals surface area (Å²) in [6.07, 6.45) is -3.52. The number of nitrogens with zero attached hydrogens (tertiary/aromatic N) is 3. The summed E-state index contributed by atoms with van der Waals surface area (Å²) < 4.78 is 53.8. The molecule has 36 heavy (non-hydrogen) atoms. The minimum atomic E-state index is -4.54. The number of benzene rings is 2. The molecule has 2 amide bonds. The Bertz CT molecular complexity index is 1430. The summed E-state index contributed by atoms with van der Waals surface area (Å²) >= 11 is 0. The van der Waals surface area contributed by atoms with E-state index in [1.54, 1.807) is 38.1 Å². The third-order valence-corrected chi connectivity index (χ3v) is 5.23. The first-order chi connectivity index (χ1) is 17.0. The summed E-state index contributed by atoms with van der Waals surface area (Å²) in [6.45, 7) is 4.93. The normalized spacial score (nSPS) is 11.3. The molecular weight excluding hydrogens is 478 g/mol. The maximum atomic E-state index is 14.3. The van der Waals surface area contributed by atoms with Gasteiger partial charge in [0.05, 0.1) is 11.8 Å². The topological polar surface area (TPSA) is 108 Å². The fourth-order valence-corrected chi connectivity index (χ4v) is 3.43. The highest BCUT2D eigenvalue weighted by atomic mass is 19.4. The molecule has 12 heteroatoms. The number of aromatic amines is 1. The second-order valence-corrected chi connectivity index (χ2v) is 8.09. The van der Waals surface area contributed by atoms with Crippen molar-refractivity contribution < 1.29 is 22.4 Å². The molecule has 2 aromatic carbocycles. The highest BCUT2D eigenvalue weighted by Gasteiger charge is 2.32. The van der Waals surface area contributed by atoms with Gasteiger partial charge in [-0.3, -0.25) is 5.10 Å². The Balaban J connectivity index is 1.54. The summed E-state index contributed by atoms with van der Waals surface area (Å²) in [5, 5.41) is 14.5. The van der Waals surface area contributed by atoms with Crippen molar-refractivity contribution >= 4 is 29.0 Å². The number of rotatable bonds is 5. The largest absolute Gasteiger partial charge is 0.416 e. The van der Waals surface area contributed by atoms with Gasteiger partial charge in [0.25, 0.3) is 0 Å². The Morgan fingerprint density at radius 1 is 0.944 bits per heavy atom. The first-order valence-corrected chi connectivity index (χ1v) is 10.7. The van der Waals surface area contributed by atoms with Crippen LogP contribution in [-0.4, -0.2) is 26.2 Å². The van der Waals surface area contributed by atoms with E-state index in [1.165, 1.54) is 19.1 Å². The number of alkyl halides is 3. The first-order valence-electron chi connectivity index (χ1n) is 10.7. The quantitative estimate of drug-likeness (QED) is 0.240. The van der Waals surface area contributed by atoms with Crippen LogP contribution in [0.15, 0.2) is 48.7 Å². The number of carbonyl (C=O) groups is 1. The van der Waals surface area contributed by atoms with Gasteiger partial charge in [0.1, 0.15) is 0 Å². The molecule has 186 valence electrons. The lowest BCUT2D eigenvalue weighted by Crippen LogP contribution is -2.20. The molecule has 0 radical (unpaired) electrons. The van der Waals surface area contributed by atoms with Crippen LogP contribution in [0.1, 0.15) is 22.4 Å². The zero-order valence-electron chi connectivity index (χ0n) is 19.4. The van der Waals surface area contributed by atoms with E-state index < -0.39 is 23.6 Å². The number of aryl methyl sites for hydroxylation is 3. The van der Waals surface area contributed by atoms with E-state index in [1.807, 2.05) is 0 Å². The SMILES string of the molecule is Cc1cc(Nc2nc(-c3cc(NC(=O)Nc4ccc(C)c(C(F)(F)F)c4)ccc3C)ncc2F)n[nH]1.